The Hall–Kier alpha value is -4.22. The minimum atomic E-state index is -4.83. The summed E-state index contributed by atoms with van der Waals surface area (Å²) in [6, 6.07) is 12.4. The molecule has 0 unspecified atom stereocenters. The first-order valence-electron chi connectivity index (χ1n) is 9.14. The SMILES string of the molecule is NC(=O)Nc1cccc(Nc2cc(S(=O)(=O)O)c(N)c3c2C(=O)c2ccccc2C3=O)c1. The highest BCUT2D eigenvalue weighted by Crippen LogP contribution is 2.40. The topological polar surface area (TPSA) is 182 Å². The number of primary amides is 1. The molecule has 32 heavy (non-hydrogen) atoms. The Balaban J connectivity index is 1.95. The standard InChI is InChI=1S/C21H16N4O6S/c22-18-15(32(29,30)31)9-14(24-10-4-3-5-11(8-10)25-21(23)28)16-17(18)20(27)13-7-2-1-6-12(13)19(16)26/h1-9,24H,22H2,(H3,23,25,28)(H,29,30,31). The summed E-state index contributed by atoms with van der Waals surface area (Å²) in [5.41, 5.74) is 10.9. The Morgan fingerprint density at radius 1 is 0.875 bits per heavy atom. The van der Waals surface area contributed by atoms with E-state index in [-0.39, 0.29) is 27.9 Å². The molecule has 1 aliphatic rings. The summed E-state index contributed by atoms with van der Waals surface area (Å²) < 4.78 is 33.5. The zero-order valence-electron chi connectivity index (χ0n) is 16.2. The van der Waals surface area contributed by atoms with Crippen molar-refractivity contribution in [3.05, 3.63) is 76.9 Å². The highest BCUT2D eigenvalue weighted by atomic mass is 32.2. The third-order valence-electron chi connectivity index (χ3n) is 4.89. The summed E-state index contributed by atoms with van der Waals surface area (Å²) in [7, 11) is -4.83. The first kappa shape index (κ1) is 21.0. The second-order valence-electron chi connectivity index (χ2n) is 6.96. The van der Waals surface area contributed by atoms with Crippen molar-refractivity contribution in [1.29, 1.82) is 0 Å². The molecule has 0 fully saturated rings. The molecule has 4 rings (SSSR count). The molecule has 3 aromatic rings. The van der Waals surface area contributed by atoms with E-state index in [1.54, 1.807) is 30.3 Å². The number of rotatable bonds is 4. The van der Waals surface area contributed by atoms with Gasteiger partial charge in [-0.15, -0.1) is 0 Å². The van der Waals surface area contributed by atoms with Gasteiger partial charge in [-0.3, -0.25) is 14.1 Å². The number of nitrogens with two attached hydrogens (primary N) is 2. The van der Waals surface area contributed by atoms with Gasteiger partial charge in [-0.05, 0) is 24.3 Å². The van der Waals surface area contributed by atoms with Crippen molar-refractivity contribution in [2.75, 3.05) is 16.4 Å². The molecular formula is C21H16N4O6S. The molecule has 2 amide bonds. The molecule has 0 heterocycles. The predicted molar refractivity (Wildman–Crippen MR) is 117 cm³/mol. The molecule has 1 aliphatic carbocycles. The quantitative estimate of drug-likeness (QED) is 0.231. The number of anilines is 4. The van der Waals surface area contributed by atoms with Crippen molar-refractivity contribution in [1.82, 2.24) is 0 Å². The van der Waals surface area contributed by atoms with E-state index in [9.17, 15) is 27.4 Å². The lowest BCUT2D eigenvalue weighted by Crippen LogP contribution is -2.25. The van der Waals surface area contributed by atoms with E-state index in [0.29, 0.717) is 11.4 Å². The van der Waals surface area contributed by atoms with Crippen LogP contribution < -0.4 is 22.1 Å². The van der Waals surface area contributed by atoms with E-state index >= 15 is 0 Å². The molecule has 0 aromatic heterocycles. The van der Waals surface area contributed by atoms with E-state index in [4.69, 9.17) is 11.5 Å². The second-order valence-corrected chi connectivity index (χ2v) is 8.35. The van der Waals surface area contributed by atoms with Gasteiger partial charge in [0.2, 0.25) is 0 Å². The summed E-state index contributed by atoms with van der Waals surface area (Å²) in [4.78, 5) is 36.8. The second kappa shape index (κ2) is 7.48. The van der Waals surface area contributed by atoms with Crippen LogP contribution in [-0.2, 0) is 10.1 Å². The molecule has 0 saturated carbocycles. The van der Waals surface area contributed by atoms with E-state index in [2.05, 4.69) is 10.6 Å². The molecule has 3 aromatic carbocycles. The number of ketones is 2. The van der Waals surface area contributed by atoms with Crippen LogP contribution in [0.4, 0.5) is 27.5 Å². The van der Waals surface area contributed by atoms with Crippen LogP contribution in [0.15, 0.2) is 59.5 Å². The third kappa shape index (κ3) is 3.55. The fourth-order valence-corrected chi connectivity index (χ4v) is 4.22. The van der Waals surface area contributed by atoms with Gasteiger partial charge >= 0.3 is 6.03 Å². The Kier molecular flexibility index (Phi) is 4.92. The molecule has 7 N–H and O–H groups in total. The summed E-state index contributed by atoms with van der Waals surface area (Å²) in [5.74, 6) is -1.19. The summed E-state index contributed by atoms with van der Waals surface area (Å²) >= 11 is 0. The molecule has 11 heteroatoms. The predicted octanol–water partition coefficient (Wildman–Crippen LogP) is 2.53. The normalized spacial score (nSPS) is 12.7. The lowest BCUT2D eigenvalue weighted by Gasteiger charge is -2.23. The number of hydrogen-bond donors (Lipinski definition) is 5. The maximum Gasteiger partial charge on any atom is 0.316 e. The first-order valence-corrected chi connectivity index (χ1v) is 10.6. The summed E-state index contributed by atoms with van der Waals surface area (Å²) in [6.07, 6.45) is 0. The zero-order valence-corrected chi connectivity index (χ0v) is 17.1. The molecule has 0 radical (unpaired) electrons. The Labute approximate surface area is 182 Å². The molecule has 0 atom stereocenters. The van der Waals surface area contributed by atoms with E-state index in [1.807, 2.05) is 0 Å². The minimum absolute atomic E-state index is 0.0640. The smallest absolute Gasteiger partial charge is 0.316 e. The van der Waals surface area contributed by atoms with E-state index in [0.717, 1.165) is 6.07 Å². The average Bonchev–Trinajstić information content (AvgIpc) is 2.72. The first-order chi connectivity index (χ1) is 15.1. The number of amides is 2. The lowest BCUT2D eigenvalue weighted by molar-refractivity contribution is 0.0980. The van der Waals surface area contributed by atoms with Gasteiger partial charge in [-0.2, -0.15) is 8.42 Å². The fraction of sp³-hybridized carbons (Fsp3) is 0. The molecule has 0 spiro atoms. The van der Waals surface area contributed by atoms with E-state index in [1.165, 1.54) is 18.2 Å². The van der Waals surface area contributed by atoms with Crippen molar-refractivity contribution in [2.45, 2.75) is 4.90 Å². The van der Waals surface area contributed by atoms with E-state index < -0.39 is 38.3 Å². The monoisotopic (exact) mass is 452 g/mol. The Morgan fingerprint density at radius 3 is 2.06 bits per heavy atom. The van der Waals surface area contributed by atoms with Gasteiger partial charge in [0.15, 0.2) is 11.6 Å². The number of benzene rings is 3. The van der Waals surface area contributed by atoms with Crippen LogP contribution in [0.2, 0.25) is 0 Å². The van der Waals surface area contributed by atoms with Gasteiger partial charge in [-0.25, -0.2) is 4.79 Å². The maximum absolute atomic E-state index is 13.3. The van der Waals surface area contributed by atoms with Crippen molar-refractivity contribution < 1.29 is 27.4 Å². The number of nitrogen functional groups attached to an aromatic ring is 1. The third-order valence-corrected chi connectivity index (χ3v) is 5.78. The Morgan fingerprint density at radius 2 is 1.47 bits per heavy atom. The molecule has 0 bridgehead atoms. The summed E-state index contributed by atoms with van der Waals surface area (Å²) in [5, 5.41) is 5.26. The van der Waals surface area contributed by atoms with Crippen molar-refractivity contribution in [3.63, 3.8) is 0 Å². The summed E-state index contributed by atoms with van der Waals surface area (Å²) in [6.45, 7) is 0. The molecule has 0 aliphatic heterocycles. The molecule has 10 nitrogen and oxygen atoms in total. The van der Waals surface area contributed by atoms with Crippen LogP contribution in [0.1, 0.15) is 31.8 Å². The lowest BCUT2D eigenvalue weighted by atomic mass is 9.82. The number of hydrogen-bond acceptors (Lipinski definition) is 7. The van der Waals surface area contributed by atoms with Crippen LogP contribution >= 0.6 is 0 Å². The van der Waals surface area contributed by atoms with Crippen LogP contribution in [0.5, 0.6) is 0 Å². The van der Waals surface area contributed by atoms with Gasteiger partial charge in [-0.1, -0.05) is 30.3 Å². The number of carbonyl (C=O) groups excluding carboxylic acids is 3. The number of urea groups is 1. The van der Waals surface area contributed by atoms with Crippen LogP contribution in [0.3, 0.4) is 0 Å². The van der Waals surface area contributed by atoms with Crippen LogP contribution in [-0.4, -0.2) is 30.6 Å². The number of carbonyl (C=O) groups is 3. The Bertz CT molecular complexity index is 1430. The molecule has 162 valence electrons. The van der Waals surface area contributed by atoms with Gasteiger partial charge in [0, 0.05) is 22.5 Å². The van der Waals surface area contributed by atoms with Crippen LogP contribution in [0.25, 0.3) is 0 Å². The average molecular weight is 452 g/mol. The zero-order chi connectivity index (χ0) is 23.2. The highest BCUT2D eigenvalue weighted by Gasteiger charge is 2.36. The van der Waals surface area contributed by atoms with Gasteiger partial charge in [0.05, 0.1) is 22.5 Å². The van der Waals surface area contributed by atoms with Crippen molar-refractivity contribution >= 4 is 50.5 Å². The maximum atomic E-state index is 13.3. The largest absolute Gasteiger partial charge is 0.397 e. The van der Waals surface area contributed by atoms with Crippen molar-refractivity contribution in [3.8, 4) is 0 Å². The van der Waals surface area contributed by atoms with Crippen molar-refractivity contribution in [2.24, 2.45) is 5.73 Å². The van der Waals surface area contributed by atoms with Gasteiger partial charge in [0.25, 0.3) is 10.1 Å². The molecular weight excluding hydrogens is 436 g/mol. The fourth-order valence-electron chi connectivity index (χ4n) is 3.58. The van der Waals surface area contributed by atoms with Crippen LogP contribution in [0, 0.1) is 0 Å². The highest BCUT2D eigenvalue weighted by molar-refractivity contribution is 7.86. The number of fused-ring (bicyclic) bond motifs is 2. The minimum Gasteiger partial charge on any atom is -0.397 e. The molecule has 0 saturated heterocycles. The number of nitrogens with one attached hydrogen (secondary N) is 2. The van der Waals surface area contributed by atoms with Gasteiger partial charge in [0.1, 0.15) is 4.90 Å². The van der Waals surface area contributed by atoms with Gasteiger partial charge < -0.3 is 22.1 Å².